The molecule has 2 rings (SSSR count). The summed E-state index contributed by atoms with van der Waals surface area (Å²) in [6.45, 7) is 0.232. The molecule has 17 heavy (non-hydrogen) atoms. The molecule has 0 N–H and O–H groups in total. The molecule has 1 aliphatic rings. The quantitative estimate of drug-likeness (QED) is 0.756. The number of likely N-dealkylation sites (tertiary alicyclic amines) is 1. The highest BCUT2D eigenvalue weighted by atomic mass is 19.4. The zero-order valence-electron chi connectivity index (χ0n) is 9.02. The van der Waals surface area contributed by atoms with Crippen LogP contribution in [0.4, 0.5) is 13.2 Å². The van der Waals surface area contributed by atoms with E-state index in [1.165, 1.54) is 0 Å². The van der Waals surface area contributed by atoms with Crippen molar-refractivity contribution >= 4 is 5.91 Å². The van der Waals surface area contributed by atoms with Crippen LogP contribution >= 0.6 is 0 Å². The first kappa shape index (κ1) is 11.9. The third-order valence-electron chi connectivity index (χ3n) is 2.83. The second kappa shape index (κ2) is 4.38. The molecule has 1 aliphatic heterocycles. The smallest absolute Gasteiger partial charge is 0.333 e. The summed E-state index contributed by atoms with van der Waals surface area (Å²) >= 11 is 0. The summed E-state index contributed by atoms with van der Waals surface area (Å²) in [5.74, 6) is -1.76. The number of nitrogens with zero attached hydrogens (tertiary/aromatic N) is 3. The zero-order chi connectivity index (χ0) is 12.5. The number of carbonyl (C=O) groups excluding carboxylic acids is 1. The summed E-state index contributed by atoms with van der Waals surface area (Å²) in [6.07, 6.45) is -0.210. The van der Waals surface area contributed by atoms with Crippen LogP contribution in [-0.4, -0.2) is 39.9 Å². The Morgan fingerprint density at radius 3 is 2.76 bits per heavy atom. The molecule has 0 radical (unpaired) electrons. The molecule has 1 aromatic heterocycles. The van der Waals surface area contributed by atoms with E-state index in [-0.39, 0.29) is 19.1 Å². The Balaban J connectivity index is 2.05. The second-order valence-corrected chi connectivity index (χ2v) is 4.03. The normalized spacial score (nSPS) is 21.6. The minimum Gasteiger partial charge on any atom is -0.333 e. The number of carbonyl (C=O) groups is 1. The Hall–Kier alpha value is -1.53. The van der Waals surface area contributed by atoms with Crippen LogP contribution in [0, 0.1) is 0 Å². The fraction of sp³-hybridized carbons (Fsp3) is 0.600. The molecule has 4 nitrogen and oxygen atoms in total. The Kier molecular flexibility index (Phi) is 3.08. The molecule has 1 fully saturated rings. The van der Waals surface area contributed by atoms with Gasteiger partial charge in [-0.15, -0.1) is 0 Å². The van der Waals surface area contributed by atoms with Gasteiger partial charge >= 0.3 is 12.1 Å². The van der Waals surface area contributed by atoms with Crippen molar-refractivity contribution in [3.05, 3.63) is 18.5 Å². The second-order valence-electron chi connectivity index (χ2n) is 4.03. The number of hydrogen-bond donors (Lipinski definition) is 0. The van der Waals surface area contributed by atoms with Crippen molar-refractivity contribution in [2.45, 2.75) is 25.1 Å². The minimum atomic E-state index is -4.79. The lowest BCUT2D eigenvalue weighted by molar-refractivity contribution is -0.187. The highest BCUT2D eigenvalue weighted by Crippen LogP contribution is 2.25. The number of aromatic nitrogens is 2. The maximum Gasteiger partial charge on any atom is 0.471 e. The molecule has 1 atom stereocenters. The van der Waals surface area contributed by atoms with Gasteiger partial charge in [-0.25, -0.2) is 0 Å². The van der Waals surface area contributed by atoms with Gasteiger partial charge in [-0.05, 0) is 18.9 Å². The van der Waals surface area contributed by atoms with Crippen LogP contribution in [0.2, 0.25) is 0 Å². The number of hydrogen-bond acceptors (Lipinski definition) is 2. The maximum atomic E-state index is 12.3. The van der Waals surface area contributed by atoms with Gasteiger partial charge in [0.05, 0.1) is 6.04 Å². The molecule has 1 unspecified atom stereocenters. The van der Waals surface area contributed by atoms with Crippen molar-refractivity contribution < 1.29 is 18.0 Å². The molecular weight excluding hydrogens is 235 g/mol. The third-order valence-corrected chi connectivity index (χ3v) is 2.83. The van der Waals surface area contributed by atoms with Gasteiger partial charge in [-0.1, -0.05) is 0 Å². The first-order chi connectivity index (χ1) is 7.98. The van der Waals surface area contributed by atoms with Crippen molar-refractivity contribution in [2.75, 3.05) is 13.1 Å². The number of halogens is 3. The Labute approximate surface area is 96.0 Å². The average molecular weight is 247 g/mol. The molecule has 2 heterocycles. The molecule has 94 valence electrons. The molecule has 7 heteroatoms. The summed E-state index contributed by atoms with van der Waals surface area (Å²) in [5, 5.41) is 3.99. The van der Waals surface area contributed by atoms with Crippen LogP contribution in [0.25, 0.3) is 0 Å². The van der Waals surface area contributed by atoms with Gasteiger partial charge in [0.15, 0.2) is 0 Å². The van der Waals surface area contributed by atoms with E-state index in [9.17, 15) is 18.0 Å². The highest BCUT2D eigenvalue weighted by Gasteiger charge is 2.43. The predicted molar refractivity (Wildman–Crippen MR) is 53.1 cm³/mol. The molecule has 1 amide bonds. The van der Waals surface area contributed by atoms with E-state index in [1.807, 2.05) is 0 Å². The lowest BCUT2D eigenvalue weighted by Gasteiger charge is -2.33. The summed E-state index contributed by atoms with van der Waals surface area (Å²) in [5.41, 5.74) is 0. The summed E-state index contributed by atoms with van der Waals surface area (Å²) in [4.78, 5) is 12.0. The first-order valence-corrected chi connectivity index (χ1v) is 5.33. The van der Waals surface area contributed by atoms with E-state index in [4.69, 9.17) is 0 Å². The number of piperidine rings is 1. The largest absolute Gasteiger partial charge is 0.471 e. The lowest BCUT2D eigenvalue weighted by Crippen LogP contribution is -2.46. The van der Waals surface area contributed by atoms with E-state index < -0.39 is 12.1 Å². The van der Waals surface area contributed by atoms with Gasteiger partial charge in [-0.3, -0.25) is 9.48 Å². The van der Waals surface area contributed by atoms with Crippen LogP contribution in [-0.2, 0) is 4.79 Å². The molecule has 0 aromatic carbocycles. The summed E-state index contributed by atoms with van der Waals surface area (Å²) < 4.78 is 38.5. The standard InChI is InChI=1S/C10H12F3N3O/c11-10(12,13)9(17)15-5-1-3-8(7-15)16-6-2-4-14-16/h2,4,6,8H,1,3,5,7H2. The summed E-state index contributed by atoms with van der Waals surface area (Å²) in [6, 6.07) is 1.55. The Bertz CT molecular complexity index is 388. The van der Waals surface area contributed by atoms with Crippen molar-refractivity contribution in [1.29, 1.82) is 0 Å². The number of alkyl halides is 3. The molecule has 1 saturated heterocycles. The van der Waals surface area contributed by atoms with Gasteiger partial charge in [0.1, 0.15) is 0 Å². The fourth-order valence-electron chi connectivity index (χ4n) is 2.03. The zero-order valence-corrected chi connectivity index (χ0v) is 9.02. The molecule has 0 aliphatic carbocycles. The van der Waals surface area contributed by atoms with Crippen molar-refractivity contribution in [3.63, 3.8) is 0 Å². The molecule has 0 saturated carbocycles. The SMILES string of the molecule is O=C(N1CCCC(n2cccn2)C1)C(F)(F)F. The van der Waals surface area contributed by atoms with Crippen LogP contribution in [0.5, 0.6) is 0 Å². The first-order valence-electron chi connectivity index (χ1n) is 5.33. The van der Waals surface area contributed by atoms with E-state index in [0.29, 0.717) is 6.42 Å². The van der Waals surface area contributed by atoms with Crippen LogP contribution in [0.15, 0.2) is 18.5 Å². The monoisotopic (exact) mass is 247 g/mol. The third kappa shape index (κ3) is 2.59. The Morgan fingerprint density at radius 1 is 1.41 bits per heavy atom. The van der Waals surface area contributed by atoms with Gasteiger partial charge < -0.3 is 4.90 Å². The van der Waals surface area contributed by atoms with E-state index >= 15 is 0 Å². The lowest BCUT2D eigenvalue weighted by atomic mass is 10.1. The maximum absolute atomic E-state index is 12.3. The Morgan fingerprint density at radius 2 is 2.18 bits per heavy atom. The van der Waals surface area contributed by atoms with Crippen molar-refractivity contribution in [2.24, 2.45) is 0 Å². The fourth-order valence-corrected chi connectivity index (χ4v) is 2.03. The summed E-state index contributed by atoms with van der Waals surface area (Å²) in [7, 11) is 0. The van der Waals surface area contributed by atoms with E-state index in [2.05, 4.69) is 5.10 Å². The van der Waals surface area contributed by atoms with E-state index in [1.54, 1.807) is 23.1 Å². The molecular formula is C10H12F3N3O. The van der Waals surface area contributed by atoms with Crippen LogP contribution in [0.1, 0.15) is 18.9 Å². The predicted octanol–water partition coefficient (Wildman–Crippen LogP) is 1.61. The molecule has 0 spiro atoms. The van der Waals surface area contributed by atoms with Crippen molar-refractivity contribution in [3.8, 4) is 0 Å². The minimum absolute atomic E-state index is 0.0695. The van der Waals surface area contributed by atoms with E-state index in [0.717, 1.165) is 11.3 Å². The highest BCUT2D eigenvalue weighted by molar-refractivity contribution is 5.81. The van der Waals surface area contributed by atoms with Crippen molar-refractivity contribution in [1.82, 2.24) is 14.7 Å². The van der Waals surface area contributed by atoms with Gasteiger partial charge in [0.2, 0.25) is 0 Å². The van der Waals surface area contributed by atoms with Gasteiger partial charge in [-0.2, -0.15) is 18.3 Å². The topological polar surface area (TPSA) is 38.1 Å². The van der Waals surface area contributed by atoms with Gasteiger partial charge in [0, 0.05) is 25.5 Å². The molecule has 1 aromatic rings. The molecule has 0 bridgehead atoms. The number of amides is 1. The van der Waals surface area contributed by atoms with Crippen LogP contribution in [0.3, 0.4) is 0 Å². The average Bonchev–Trinajstić information content (AvgIpc) is 2.80. The van der Waals surface area contributed by atoms with Gasteiger partial charge in [0.25, 0.3) is 0 Å². The number of rotatable bonds is 1. The van der Waals surface area contributed by atoms with Crippen LogP contribution < -0.4 is 0 Å².